The zero-order chi connectivity index (χ0) is 17.6. The Morgan fingerprint density at radius 2 is 1.87 bits per heavy atom. The predicted octanol–water partition coefficient (Wildman–Crippen LogP) is 2.04. The molecule has 1 heterocycles. The van der Waals surface area contributed by atoms with Gasteiger partial charge in [-0.15, -0.1) is 13.2 Å². The van der Waals surface area contributed by atoms with Gasteiger partial charge in [-0.2, -0.15) is 0 Å². The van der Waals surface area contributed by atoms with E-state index in [4.69, 9.17) is 4.74 Å². The number of aryl methyl sites for hydroxylation is 1. The molecule has 0 aliphatic rings. The van der Waals surface area contributed by atoms with Crippen molar-refractivity contribution < 1.29 is 19.4 Å². The van der Waals surface area contributed by atoms with E-state index in [2.05, 4.69) is 18.1 Å². The largest absolute Gasteiger partial charge is 0.451 e. The second kappa shape index (κ2) is 8.33. The number of H-pyrrole nitrogens is 1. The van der Waals surface area contributed by atoms with E-state index < -0.39 is 12.1 Å². The topological polar surface area (TPSA) is 82.6 Å². The van der Waals surface area contributed by atoms with Crippen molar-refractivity contribution in [2.45, 2.75) is 26.9 Å². The number of nitrogens with one attached hydrogen (secondary N) is 1. The first-order chi connectivity index (χ1) is 10.8. The number of amides is 1. The van der Waals surface area contributed by atoms with Gasteiger partial charge in [-0.25, -0.2) is 4.79 Å². The molecule has 0 radical (unpaired) electrons. The smallest absolute Gasteiger partial charge is 0.355 e. The van der Waals surface area contributed by atoms with Gasteiger partial charge in [0, 0.05) is 24.3 Å². The minimum Gasteiger partial charge on any atom is -0.451 e. The van der Waals surface area contributed by atoms with Gasteiger partial charge in [-0.1, -0.05) is 12.2 Å². The van der Waals surface area contributed by atoms with Crippen molar-refractivity contribution in [3.63, 3.8) is 0 Å². The summed E-state index contributed by atoms with van der Waals surface area (Å²) in [5, 5.41) is 9.74. The number of carbonyl (C=O) groups excluding carboxylic acids is 2. The second-order valence-corrected chi connectivity index (χ2v) is 5.29. The molecule has 1 aromatic heterocycles. The van der Waals surface area contributed by atoms with E-state index in [-0.39, 0.29) is 18.2 Å². The summed E-state index contributed by atoms with van der Waals surface area (Å²) in [6.45, 7) is 12.6. The number of aromatic amines is 1. The molecule has 1 atom stereocenters. The summed E-state index contributed by atoms with van der Waals surface area (Å²) in [7, 11) is 0. The van der Waals surface area contributed by atoms with Crippen LogP contribution in [0, 0.1) is 13.8 Å². The number of carbonyl (C=O) groups is 2. The Balaban J connectivity index is 2.77. The fourth-order valence-corrected chi connectivity index (χ4v) is 2.48. The van der Waals surface area contributed by atoms with E-state index in [1.807, 2.05) is 0 Å². The third-order valence-corrected chi connectivity index (χ3v) is 3.50. The van der Waals surface area contributed by atoms with E-state index in [0.29, 0.717) is 29.9 Å². The Bertz CT molecular complexity index is 592. The molecule has 1 amide bonds. The van der Waals surface area contributed by atoms with Crippen LogP contribution in [-0.2, 0) is 9.53 Å². The molecule has 0 aliphatic heterocycles. The fraction of sp³-hybridized carbons (Fsp3) is 0.412. The highest BCUT2D eigenvalue weighted by molar-refractivity contribution is 5.91. The van der Waals surface area contributed by atoms with Crippen molar-refractivity contribution in [1.29, 1.82) is 0 Å². The first kappa shape index (κ1) is 18.7. The molecule has 0 bridgehead atoms. The normalized spacial score (nSPS) is 11.7. The molecule has 1 aromatic rings. The summed E-state index contributed by atoms with van der Waals surface area (Å²) < 4.78 is 5.08. The van der Waals surface area contributed by atoms with Crippen LogP contribution in [0.3, 0.4) is 0 Å². The Morgan fingerprint density at radius 1 is 1.30 bits per heavy atom. The number of aliphatic hydroxyl groups excluding tert-OH is 1. The summed E-state index contributed by atoms with van der Waals surface area (Å²) in [6, 6.07) is 0. The average molecular weight is 320 g/mol. The van der Waals surface area contributed by atoms with Gasteiger partial charge in [-0.05, 0) is 26.3 Å². The maximum atomic E-state index is 12.2. The molecule has 6 heteroatoms. The number of rotatable bonds is 8. The molecule has 0 saturated heterocycles. The molecule has 0 aromatic carbocycles. The van der Waals surface area contributed by atoms with Gasteiger partial charge >= 0.3 is 5.97 Å². The minimum atomic E-state index is -0.690. The standard InChI is InChI=1S/C17H24N2O4/c1-6-8-19(9-7-2)14(21)10-23-17(22)16-11(3)15(13(5)20)12(4)18-16/h6-7,13,18,20H,1-2,8-10H2,3-5H3/t13-/m1/s1. The fourth-order valence-electron chi connectivity index (χ4n) is 2.48. The number of hydrogen-bond acceptors (Lipinski definition) is 4. The summed E-state index contributed by atoms with van der Waals surface area (Å²) in [4.78, 5) is 28.6. The Labute approximate surface area is 136 Å². The number of esters is 1. The quantitative estimate of drug-likeness (QED) is 0.567. The Morgan fingerprint density at radius 3 is 2.30 bits per heavy atom. The van der Waals surface area contributed by atoms with Crippen molar-refractivity contribution in [2.75, 3.05) is 19.7 Å². The third-order valence-electron chi connectivity index (χ3n) is 3.50. The molecular weight excluding hydrogens is 296 g/mol. The third kappa shape index (κ3) is 4.56. The van der Waals surface area contributed by atoms with E-state index >= 15 is 0 Å². The Kier molecular flexibility index (Phi) is 6.78. The molecule has 23 heavy (non-hydrogen) atoms. The predicted molar refractivity (Wildman–Crippen MR) is 88.2 cm³/mol. The molecule has 0 saturated carbocycles. The lowest BCUT2D eigenvalue weighted by Gasteiger charge is -2.18. The summed E-state index contributed by atoms with van der Waals surface area (Å²) in [5.41, 5.74) is 2.26. The number of hydrogen-bond donors (Lipinski definition) is 2. The van der Waals surface area contributed by atoms with Gasteiger partial charge in [0.2, 0.25) is 0 Å². The zero-order valence-electron chi connectivity index (χ0n) is 13.9. The number of nitrogens with zero attached hydrogens (tertiary/aromatic N) is 1. The van der Waals surface area contributed by atoms with Gasteiger partial charge in [0.25, 0.3) is 5.91 Å². The first-order valence-corrected chi connectivity index (χ1v) is 7.37. The van der Waals surface area contributed by atoms with Crippen molar-refractivity contribution in [3.8, 4) is 0 Å². The van der Waals surface area contributed by atoms with E-state index in [9.17, 15) is 14.7 Å². The highest BCUT2D eigenvalue weighted by Gasteiger charge is 2.22. The van der Waals surface area contributed by atoms with Gasteiger partial charge in [0.05, 0.1) is 6.10 Å². The number of ether oxygens (including phenoxy) is 1. The van der Waals surface area contributed by atoms with E-state index in [1.165, 1.54) is 4.90 Å². The lowest BCUT2D eigenvalue weighted by atomic mass is 10.1. The van der Waals surface area contributed by atoms with Gasteiger partial charge in [0.1, 0.15) is 5.69 Å². The molecule has 0 spiro atoms. The average Bonchev–Trinajstić information content (AvgIpc) is 2.79. The van der Waals surface area contributed by atoms with Crippen molar-refractivity contribution in [3.05, 3.63) is 47.8 Å². The number of aromatic nitrogens is 1. The highest BCUT2D eigenvalue weighted by atomic mass is 16.5. The second-order valence-electron chi connectivity index (χ2n) is 5.29. The lowest BCUT2D eigenvalue weighted by Crippen LogP contribution is -2.35. The van der Waals surface area contributed by atoms with Crippen LogP contribution in [0.4, 0.5) is 0 Å². The van der Waals surface area contributed by atoms with Crippen LogP contribution in [0.1, 0.15) is 40.3 Å². The van der Waals surface area contributed by atoms with Crippen LogP contribution >= 0.6 is 0 Å². The molecule has 2 N–H and O–H groups in total. The van der Waals surface area contributed by atoms with Crippen LogP contribution in [0.25, 0.3) is 0 Å². The van der Waals surface area contributed by atoms with Gasteiger partial charge < -0.3 is 19.7 Å². The van der Waals surface area contributed by atoms with Crippen LogP contribution in [0.5, 0.6) is 0 Å². The lowest BCUT2D eigenvalue weighted by molar-refractivity contribution is -0.133. The highest BCUT2D eigenvalue weighted by Crippen LogP contribution is 2.24. The van der Waals surface area contributed by atoms with Gasteiger partial charge in [-0.3, -0.25) is 4.79 Å². The van der Waals surface area contributed by atoms with Crippen LogP contribution in [0.15, 0.2) is 25.3 Å². The molecule has 1 rings (SSSR count). The molecule has 0 aliphatic carbocycles. The molecule has 126 valence electrons. The maximum Gasteiger partial charge on any atom is 0.355 e. The van der Waals surface area contributed by atoms with E-state index in [0.717, 1.165) is 0 Å². The first-order valence-electron chi connectivity index (χ1n) is 7.37. The van der Waals surface area contributed by atoms with Gasteiger partial charge in [0.15, 0.2) is 6.61 Å². The minimum absolute atomic E-state index is 0.255. The zero-order valence-corrected chi connectivity index (χ0v) is 13.9. The van der Waals surface area contributed by atoms with Crippen LogP contribution < -0.4 is 0 Å². The molecular formula is C17H24N2O4. The Hall–Kier alpha value is -2.34. The SMILES string of the molecule is C=CCN(CC=C)C(=O)COC(=O)c1[nH]c(C)c([C@@H](C)O)c1C. The summed E-state index contributed by atoms with van der Waals surface area (Å²) in [5.74, 6) is -0.946. The van der Waals surface area contributed by atoms with Crippen LogP contribution in [0.2, 0.25) is 0 Å². The summed E-state index contributed by atoms with van der Waals surface area (Å²) >= 11 is 0. The molecule has 0 unspecified atom stereocenters. The molecule has 6 nitrogen and oxygen atoms in total. The summed E-state index contributed by atoms with van der Waals surface area (Å²) in [6.07, 6.45) is 2.50. The van der Waals surface area contributed by atoms with Crippen molar-refractivity contribution in [2.24, 2.45) is 0 Å². The van der Waals surface area contributed by atoms with Crippen LogP contribution in [-0.4, -0.2) is 46.6 Å². The molecule has 0 fully saturated rings. The van der Waals surface area contributed by atoms with Crippen molar-refractivity contribution in [1.82, 2.24) is 9.88 Å². The maximum absolute atomic E-state index is 12.2. The van der Waals surface area contributed by atoms with Crippen molar-refractivity contribution >= 4 is 11.9 Å². The monoisotopic (exact) mass is 320 g/mol. The number of aliphatic hydroxyl groups is 1. The van der Waals surface area contributed by atoms with E-state index in [1.54, 1.807) is 32.9 Å².